The first-order valence-corrected chi connectivity index (χ1v) is 9.00. The molecule has 0 amide bonds. The minimum absolute atomic E-state index is 0. The molecule has 0 saturated heterocycles. The fraction of sp³-hybridized carbons (Fsp3) is 0.0417. The Labute approximate surface area is 184 Å². The second-order valence-electron chi connectivity index (χ2n) is 6.14. The van der Waals surface area contributed by atoms with E-state index < -0.39 is 0 Å². The van der Waals surface area contributed by atoms with Gasteiger partial charge in [0.15, 0.2) is 5.65 Å². The largest absolute Gasteiger partial charge is 2.00 e. The third-order valence-electron chi connectivity index (χ3n) is 4.14. The van der Waals surface area contributed by atoms with Gasteiger partial charge in [-0.05, 0) is 69.3 Å². The number of benzene rings is 1. The van der Waals surface area contributed by atoms with E-state index in [9.17, 15) is 0 Å². The van der Waals surface area contributed by atoms with Gasteiger partial charge in [-0.15, -0.1) is 0 Å². The van der Waals surface area contributed by atoms with Crippen molar-refractivity contribution in [1.29, 1.82) is 0 Å². The van der Waals surface area contributed by atoms with Crippen LogP contribution >= 0.6 is 0 Å². The molecule has 2 fully saturated rings. The number of aromatic nitrogens is 4. The summed E-state index contributed by atoms with van der Waals surface area (Å²) in [5.74, 6) is 7.17. The molecule has 0 spiro atoms. The molecule has 5 rings (SSSR count). The molecule has 0 bridgehead atoms. The van der Waals surface area contributed by atoms with Crippen molar-refractivity contribution in [2.45, 2.75) is 6.54 Å². The number of rotatable bonds is 2. The zero-order valence-electron chi connectivity index (χ0n) is 15.6. The van der Waals surface area contributed by atoms with E-state index in [0.29, 0.717) is 5.69 Å². The van der Waals surface area contributed by atoms with Gasteiger partial charge < -0.3 is 4.57 Å². The molecular weight excluding hydrogens is 400 g/mol. The van der Waals surface area contributed by atoms with E-state index in [0.717, 1.165) is 23.6 Å². The number of hydrogen-bond acceptors (Lipinski definition) is 3. The van der Waals surface area contributed by atoms with Crippen LogP contribution in [0.4, 0.5) is 0 Å². The van der Waals surface area contributed by atoms with E-state index in [2.05, 4.69) is 38.9 Å². The third-order valence-corrected chi connectivity index (χ3v) is 4.14. The molecule has 10 radical (unpaired) electrons. The maximum atomic E-state index is 4.45. The van der Waals surface area contributed by atoms with Crippen molar-refractivity contribution in [3.8, 4) is 11.8 Å². The van der Waals surface area contributed by atoms with Gasteiger partial charge in [0.2, 0.25) is 0 Å². The fourth-order valence-electron chi connectivity index (χ4n) is 2.78. The van der Waals surface area contributed by atoms with Crippen molar-refractivity contribution < 1.29 is 17.1 Å². The van der Waals surface area contributed by atoms with Crippen molar-refractivity contribution >= 4 is 11.2 Å². The molecular formula is C24H18FeN4+2. The van der Waals surface area contributed by atoms with Gasteiger partial charge in [0.25, 0.3) is 0 Å². The molecule has 0 N–H and O–H groups in total. The van der Waals surface area contributed by atoms with Crippen LogP contribution in [0, 0.1) is 75.5 Å². The van der Waals surface area contributed by atoms with Crippen LogP contribution in [-0.4, -0.2) is 19.5 Å². The predicted octanol–water partition coefficient (Wildman–Crippen LogP) is 3.65. The van der Waals surface area contributed by atoms with Crippen molar-refractivity contribution in [3.63, 3.8) is 0 Å². The molecule has 2 heterocycles. The minimum Gasteiger partial charge on any atom is -0.311 e. The molecule has 2 aliphatic carbocycles. The third kappa shape index (κ3) is 5.92. The first-order valence-electron chi connectivity index (χ1n) is 9.00. The molecule has 0 unspecified atom stereocenters. The topological polar surface area (TPSA) is 43.6 Å². The Morgan fingerprint density at radius 1 is 0.759 bits per heavy atom. The number of fused-ring (bicyclic) bond motifs is 1. The van der Waals surface area contributed by atoms with E-state index in [1.54, 1.807) is 12.7 Å². The monoisotopic (exact) mass is 418 g/mol. The Hall–Kier alpha value is -2.15. The molecule has 3 aromatic rings. The average molecular weight is 418 g/mol. The second kappa shape index (κ2) is 11.1. The summed E-state index contributed by atoms with van der Waals surface area (Å²) in [5, 5.41) is 0. The van der Waals surface area contributed by atoms with Gasteiger partial charge in [0, 0.05) is 0 Å². The summed E-state index contributed by atoms with van der Waals surface area (Å²) < 4.78 is 2.01. The van der Waals surface area contributed by atoms with Gasteiger partial charge in [-0.1, -0.05) is 36.3 Å². The summed E-state index contributed by atoms with van der Waals surface area (Å²) in [6, 6.07) is 10.2. The molecule has 2 aliphatic rings. The summed E-state index contributed by atoms with van der Waals surface area (Å²) >= 11 is 0. The minimum atomic E-state index is 0. The Bertz CT molecular complexity index is 938. The maximum absolute atomic E-state index is 4.45. The van der Waals surface area contributed by atoms with Crippen LogP contribution in [0.25, 0.3) is 11.2 Å². The Morgan fingerprint density at radius 2 is 1.45 bits per heavy atom. The molecule has 2 saturated carbocycles. The van der Waals surface area contributed by atoms with Gasteiger partial charge in [0.1, 0.15) is 17.5 Å². The molecule has 2 aromatic heterocycles. The van der Waals surface area contributed by atoms with Crippen molar-refractivity contribution in [2.24, 2.45) is 0 Å². The van der Waals surface area contributed by atoms with E-state index in [4.69, 9.17) is 0 Å². The molecule has 140 valence electrons. The van der Waals surface area contributed by atoms with Crippen LogP contribution in [0.5, 0.6) is 0 Å². The van der Waals surface area contributed by atoms with E-state index in [1.807, 2.05) is 80.6 Å². The standard InChI is InChI=1S/C19H13N4.C5H5.Fe/c1-2-8-16(9-3-1)12-23-14-22-18-17(20-13-21-19(18)23)11-10-15-6-4-5-7-15;1-2-4-5-3-1;/h1-9,13-14H,12H2;1-5H;/q;;+2. The predicted molar refractivity (Wildman–Crippen MR) is 110 cm³/mol. The smallest absolute Gasteiger partial charge is 0.311 e. The maximum Gasteiger partial charge on any atom is 2.00 e. The SMILES string of the molecule is C(#Cc1ncnc2c1ncn2Cc1ccccc1)[C]1[CH][CH][CH][CH]1.[CH]1[CH][CH][CH][CH]1.[Fe+2]. The summed E-state index contributed by atoms with van der Waals surface area (Å²) in [4.78, 5) is 13.1. The summed E-state index contributed by atoms with van der Waals surface area (Å²) in [7, 11) is 0. The van der Waals surface area contributed by atoms with Gasteiger partial charge in [-0.3, -0.25) is 0 Å². The molecule has 1 aromatic carbocycles. The molecule has 4 nitrogen and oxygen atoms in total. The van der Waals surface area contributed by atoms with E-state index in [-0.39, 0.29) is 17.1 Å². The van der Waals surface area contributed by atoms with Crippen LogP contribution in [0.1, 0.15) is 11.3 Å². The number of hydrogen-bond donors (Lipinski definition) is 0. The Morgan fingerprint density at radius 3 is 2.14 bits per heavy atom. The normalized spacial score (nSPS) is 15.9. The fourth-order valence-corrected chi connectivity index (χ4v) is 2.78. The molecule has 0 aliphatic heterocycles. The molecule has 5 heteroatoms. The Balaban J connectivity index is 0.000000352. The van der Waals surface area contributed by atoms with E-state index >= 15 is 0 Å². The van der Waals surface area contributed by atoms with Crippen LogP contribution in [-0.2, 0) is 23.6 Å². The van der Waals surface area contributed by atoms with Crippen LogP contribution < -0.4 is 0 Å². The van der Waals surface area contributed by atoms with Crippen LogP contribution in [0.2, 0.25) is 0 Å². The molecule has 0 atom stereocenters. The first-order chi connectivity index (χ1) is 13.9. The van der Waals surface area contributed by atoms with Crippen LogP contribution in [0.3, 0.4) is 0 Å². The summed E-state index contributed by atoms with van der Waals surface area (Å²) in [6.07, 6.45) is 21.2. The van der Waals surface area contributed by atoms with E-state index in [1.165, 1.54) is 5.56 Å². The zero-order chi connectivity index (χ0) is 19.0. The average Bonchev–Trinajstić information content (AvgIpc) is 3.51. The molecule has 29 heavy (non-hydrogen) atoms. The van der Waals surface area contributed by atoms with Crippen molar-refractivity contribution in [1.82, 2.24) is 19.5 Å². The number of imidazole rings is 1. The number of nitrogens with zero attached hydrogens (tertiary/aromatic N) is 4. The Kier molecular flexibility index (Phi) is 8.28. The van der Waals surface area contributed by atoms with Crippen molar-refractivity contribution in [3.05, 3.63) is 118 Å². The summed E-state index contributed by atoms with van der Waals surface area (Å²) in [5.41, 5.74) is 3.40. The van der Waals surface area contributed by atoms with Crippen LogP contribution in [0.15, 0.2) is 43.0 Å². The van der Waals surface area contributed by atoms with Crippen molar-refractivity contribution in [2.75, 3.05) is 0 Å². The first kappa shape index (κ1) is 21.6. The van der Waals surface area contributed by atoms with Gasteiger partial charge in [0.05, 0.1) is 18.8 Å². The quantitative estimate of drug-likeness (QED) is 0.472. The van der Waals surface area contributed by atoms with Gasteiger partial charge >= 0.3 is 17.1 Å². The summed E-state index contributed by atoms with van der Waals surface area (Å²) in [6.45, 7) is 0.726. The van der Waals surface area contributed by atoms with Gasteiger partial charge in [-0.25, -0.2) is 15.0 Å². The zero-order valence-corrected chi connectivity index (χ0v) is 16.7. The van der Waals surface area contributed by atoms with Gasteiger partial charge in [-0.2, -0.15) is 0 Å². The second-order valence-corrected chi connectivity index (χ2v) is 6.14.